The zero-order chi connectivity index (χ0) is 28.6. The van der Waals surface area contributed by atoms with E-state index in [0.29, 0.717) is 29.0 Å². The van der Waals surface area contributed by atoms with E-state index in [4.69, 9.17) is 0 Å². The fourth-order valence-electron chi connectivity index (χ4n) is 5.46. The van der Waals surface area contributed by atoms with Gasteiger partial charge in [-0.05, 0) is 85.8 Å². The van der Waals surface area contributed by atoms with Gasteiger partial charge in [-0.15, -0.1) is 0 Å². The molecule has 3 aromatic carbocycles. The number of aromatic nitrogens is 1. The van der Waals surface area contributed by atoms with Crippen molar-refractivity contribution in [2.24, 2.45) is 11.1 Å². The van der Waals surface area contributed by atoms with E-state index in [1.807, 2.05) is 36.4 Å². The number of oxime groups is 1. The summed E-state index contributed by atoms with van der Waals surface area (Å²) in [6.07, 6.45) is 7.77. The topological polar surface area (TPSA) is 91.9 Å². The van der Waals surface area contributed by atoms with Gasteiger partial charge in [0, 0.05) is 45.0 Å². The van der Waals surface area contributed by atoms with E-state index >= 15 is 0 Å². The number of hydrogen-bond acceptors (Lipinski definition) is 5. The Labute approximate surface area is 236 Å². The van der Waals surface area contributed by atoms with E-state index in [1.165, 1.54) is 18.6 Å². The maximum absolute atomic E-state index is 13.3. The van der Waals surface area contributed by atoms with Crippen molar-refractivity contribution in [1.29, 1.82) is 0 Å². The third kappa shape index (κ3) is 6.27. The van der Waals surface area contributed by atoms with Gasteiger partial charge in [0.1, 0.15) is 11.5 Å². The highest BCUT2D eigenvalue weighted by Gasteiger charge is 2.20. The molecule has 0 spiro atoms. The molecule has 1 atom stereocenters. The quantitative estimate of drug-likeness (QED) is 0.0551. The van der Waals surface area contributed by atoms with Crippen LogP contribution in [-0.4, -0.2) is 32.2 Å². The number of hydrogen-bond donors (Lipinski definition) is 2. The number of rotatable bonds is 14. The largest absolute Gasteiger partial charge is 0.508 e. The van der Waals surface area contributed by atoms with Crippen LogP contribution in [0.2, 0.25) is 0 Å². The fourth-order valence-corrected chi connectivity index (χ4v) is 5.46. The average Bonchev–Trinajstić information content (AvgIpc) is 3.29. The van der Waals surface area contributed by atoms with Crippen LogP contribution in [0, 0.1) is 5.92 Å². The molecule has 210 valence electrons. The molecule has 1 heterocycles. The molecule has 0 saturated carbocycles. The lowest BCUT2D eigenvalue weighted by molar-refractivity contribution is 0.103. The molecule has 0 radical (unpaired) electrons. The monoisotopic (exact) mass is 540 g/mol. The zero-order valence-electron chi connectivity index (χ0n) is 23.8. The predicted octanol–water partition coefficient (Wildman–Crippen LogP) is 8.54. The van der Waals surface area contributed by atoms with E-state index in [0.717, 1.165) is 66.9 Å². The third-order valence-electron chi connectivity index (χ3n) is 7.90. The van der Waals surface area contributed by atoms with Crippen molar-refractivity contribution in [2.75, 3.05) is 0 Å². The Balaban J connectivity index is 1.82. The number of carbonyl (C=O) groups excluding carboxylic acids is 2. The van der Waals surface area contributed by atoms with E-state index in [1.54, 1.807) is 12.1 Å². The lowest BCUT2D eigenvalue weighted by atomic mass is 9.98. The maximum atomic E-state index is 13.3. The van der Waals surface area contributed by atoms with Crippen LogP contribution in [0.5, 0.6) is 5.75 Å². The number of aromatic hydroxyl groups is 1. The summed E-state index contributed by atoms with van der Waals surface area (Å²) >= 11 is 0. The predicted molar refractivity (Wildman–Crippen MR) is 162 cm³/mol. The van der Waals surface area contributed by atoms with Gasteiger partial charge in [-0.2, -0.15) is 0 Å². The van der Waals surface area contributed by atoms with Crippen LogP contribution in [0.1, 0.15) is 98.4 Å². The molecule has 0 fully saturated rings. The summed E-state index contributed by atoms with van der Waals surface area (Å²) in [5.41, 5.74) is 3.73. The molecule has 4 rings (SSSR count). The van der Waals surface area contributed by atoms with Crippen molar-refractivity contribution in [3.63, 3.8) is 0 Å². The zero-order valence-corrected chi connectivity index (χ0v) is 23.8. The van der Waals surface area contributed by atoms with E-state index in [-0.39, 0.29) is 23.0 Å². The van der Waals surface area contributed by atoms with Crippen molar-refractivity contribution >= 4 is 39.1 Å². The summed E-state index contributed by atoms with van der Waals surface area (Å²) in [6.45, 7) is 7.39. The second-order valence-corrected chi connectivity index (χ2v) is 10.7. The Morgan fingerprint density at radius 1 is 0.800 bits per heavy atom. The number of carbonyl (C=O) groups is 2. The van der Waals surface area contributed by atoms with Crippen molar-refractivity contribution in [3.8, 4) is 5.75 Å². The van der Waals surface area contributed by atoms with Crippen molar-refractivity contribution in [3.05, 3.63) is 77.4 Å². The van der Waals surface area contributed by atoms with Crippen molar-refractivity contribution in [2.45, 2.75) is 78.7 Å². The van der Waals surface area contributed by atoms with Crippen molar-refractivity contribution < 1.29 is 19.9 Å². The van der Waals surface area contributed by atoms with Gasteiger partial charge in [0.15, 0.2) is 5.78 Å². The minimum Gasteiger partial charge on any atom is -0.508 e. The first-order chi connectivity index (χ1) is 19.4. The maximum Gasteiger partial charge on any atom is 0.210 e. The lowest BCUT2D eigenvalue weighted by Gasteiger charge is -2.17. The van der Waals surface area contributed by atoms with Gasteiger partial charge in [0.05, 0.1) is 0 Å². The van der Waals surface area contributed by atoms with Gasteiger partial charge in [-0.1, -0.05) is 58.0 Å². The molecule has 40 heavy (non-hydrogen) atoms. The molecular formula is C34H40N2O4. The van der Waals surface area contributed by atoms with Crippen LogP contribution in [0.3, 0.4) is 0 Å². The van der Waals surface area contributed by atoms with Crippen molar-refractivity contribution in [1.82, 2.24) is 4.57 Å². The minimum absolute atomic E-state index is 0.112. The Hall–Kier alpha value is -3.93. The molecule has 0 aliphatic heterocycles. The number of nitrogens with zero attached hydrogens (tertiary/aromatic N) is 2. The minimum atomic E-state index is -0.271. The van der Waals surface area contributed by atoms with Crippen LogP contribution in [0.15, 0.2) is 65.8 Å². The number of fused-ring (bicyclic) bond motifs is 3. The Morgan fingerprint density at radius 3 is 2.00 bits per heavy atom. The van der Waals surface area contributed by atoms with Crippen LogP contribution in [-0.2, 0) is 6.54 Å². The van der Waals surface area contributed by atoms with Crippen LogP contribution in [0.25, 0.3) is 21.8 Å². The summed E-state index contributed by atoms with van der Waals surface area (Å²) in [6, 6.07) is 17.7. The lowest BCUT2D eigenvalue weighted by Crippen LogP contribution is -2.14. The van der Waals surface area contributed by atoms with Gasteiger partial charge in [-0.3, -0.25) is 9.59 Å². The molecular weight excluding hydrogens is 500 g/mol. The number of benzene rings is 3. The van der Waals surface area contributed by atoms with Crippen LogP contribution >= 0.6 is 0 Å². The number of phenolic OH excluding ortho intramolecular Hbond substituents is 1. The standard InChI is InChI=1S/C34H40N2O4/c1-4-7-9-11-30(35-40)34(39)26-15-19-32-29(21-26)28-20-25(33(38)24-12-16-27(37)17-13-24)14-18-31(28)36(32)22-23(6-3)10-8-5-2/h12-21,23,37,40H,4-11,22H2,1-3H3/b35-30+. The number of unbranched alkanes of at least 4 members (excludes halogenated alkanes) is 3. The Bertz CT molecular complexity index is 1510. The van der Waals surface area contributed by atoms with Gasteiger partial charge in [0.2, 0.25) is 5.78 Å². The molecule has 1 aromatic heterocycles. The van der Waals surface area contributed by atoms with Gasteiger partial charge in [0.25, 0.3) is 0 Å². The average molecular weight is 541 g/mol. The molecule has 0 aliphatic carbocycles. The normalized spacial score (nSPS) is 12.7. The third-order valence-corrected chi connectivity index (χ3v) is 7.90. The first-order valence-electron chi connectivity index (χ1n) is 14.6. The second kappa shape index (κ2) is 13.4. The molecule has 6 nitrogen and oxygen atoms in total. The number of phenols is 1. The molecule has 4 aromatic rings. The first-order valence-corrected chi connectivity index (χ1v) is 14.6. The molecule has 0 aliphatic rings. The van der Waals surface area contributed by atoms with E-state index in [9.17, 15) is 19.9 Å². The number of Topliss-reactive ketones (excluding diaryl/α,β-unsaturated/α-hetero) is 1. The Kier molecular flexibility index (Phi) is 9.75. The number of ketones is 2. The fraction of sp³-hybridized carbons (Fsp3) is 0.382. The molecule has 6 heteroatoms. The highest BCUT2D eigenvalue weighted by atomic mass is 16.4. The summed E-state index contributed by atoms with van der Waals surface area (Å²) in [4.78, 5) is 26.6. The summed E-state index contributed by atoms with van der Waals surface area (Å²) in [5.74, 6) is 0.230. The first kappa shape index (κ1) is 29.1. The summed E-state index contributed by atoms with van der Waals surface area (Å²) in [7, 11) is 0. The van der Waals surface area contributed by atoms with Gasteiger partial charge >= 0.3 is 0 Å². The highest BCUT2D eigenvalue weighted by molar-refractivity contribution is 6.46. The van der Waals surface area contributed by atoms with Crippen LogP contribution in [0.4, 0.5) is 0 Å². The molecule has 2 N–H and O–H groups in total. The molecule has 0 saturated heterocycles. The van der Waals surface area contributed by atoms with Gasteiger partial charge < -0.3 is 14.9 Å². The second-order valence-electron chi connectivity index (χ2n) is 10.7. The van der Waals surface area contributed by atoms with Crippen LogP contribution < -0.4 is 0 Å². The van der Waals surface area contributed by atoms with Gasteiger partial charge in [-0.25, -0.2) is 0 Å². The highest BCUT2D eigenvalue weighted by Crippen LogP contribution is 2.33. The Morgan fingerprint density at radius 2 is 1.40 bits per heavy atom. The molecule has 0 amide bonds. The summed E-state index contributed by atoms with van der Waals surface area (Å²) < 4.78 is 2.32. The SMILES string of the molecule is CCCCC/C(=N\O)C(=O)c1ccc2c(c1)c1cc(C(=O)c3ccc(O)cc3)ccc1n2CC(CC)CCCC. The molecule has 1 unspecified atom stereocenters. The summed E-state index contributed by atoms with van der Waals surface area (Å²) in [5, 5.41) is 24.4. The smallest absolute Gasteiger partial charge is 0.210 e. The van der Waals surface area contributed by atoms with E-state index < -0.39 is 0 Å². The molecule has 0 bridgehead atoms. The van der Waals surface area contributed by atoms with E-state index in [2.05, 4.69) is 30.5 Å².